The lowest BCUT2D eigenvalue weighted by Gasteiger charge is -2.19. The lowest BCUT2D eigenvalue weighted by Crippen LogP contribution is -2.27. The number of rotatable bonds is 2. The molecule has 0 aliphatic rings. The zero-order valence-corrected chi connectivity index (χ0v) is 18.5. The first kappa shape index (κ1) is 18.2. The molecule has 0 radical (unpaired) electrons. The standard InChI is InChI=1S/C26H29N2O/c1-14(2)10-19-24-20(8-9-27(24)6)28(7)25-22-17(5)16(4)13-18-11-15(3)12-21(23(18)22)29-26(19)25/h8-9,11-14H,10H2,1-7H3/q+1. The fourth-order valence-electron chi connectivity index (χ4n) is 5.04. The van der Waals surface area contributed by atoms with Crippen LogP contribution in [0.4, 0.5) is 0 Å². The van der Waals surface area contributed by atoms with Gasteiger partial charge < -0.3 is 8.98 Å². The van der Waals surface area contributed by atoms with Gasteiger partial charge in [-0.25, -0.2) is 0 Å². The van der Waals surface area contributed by atoms with Gasteiger partial charge in [0.15, 0.2) is 11.8 Å². The Kier molecular flexibility index (Phi) is 3.83. The summed E-state index contributed by atoms with van der Waals surface area (Å²) in [5.74, 6) is 0.547. The monoisotopic (exact) mass is 385 g/mol. The quantitative estimate of drug-likeness (QED) is 0.202. The summed E-state index contributed by atoms with van der Waals surface area (Å²) in [5, 5.41) is 3.84. The number of aryl methyl sites for hydroxylation is 5. The van der Waals surface area contributed by atoms with Crippen molar-refractivity contribution in [2.24, 2.45) is 20.0 Å². The van der Waals surface area contributed by atoms with Crippen LogP contribution in [-0.2, 0) is 20.5 Å². The second kappa shape index (κ2) is 6.09. The predicted octanol–water partition coefficient (Wildman–Crippen LogP) is 6.18. The Labute approximate surface area is 171 Å². The third-order valence-corrected chi connectivity index (χ3v) is 6.45. The molecule has 0 saturated carbocycles. The topological polar surface area (TPSA) is 21.9 Å². The summed E-state index contributed by atoms with van der Waals surface area (Å²) in [5.41, 5.74) is 11.0. The summed E-state index contributed by atoms with van der Waals surface area (Å²) in [6.45, 7) is 11.2. The lowest BCUT2D eigenvalue weighted by atomic mass is 9.93. The van der Waals surface area contributed by atoms with Crippen molar-refractivity contribution in [2.45, 2.75) is 41.0 Å². The average molecular weight is 386 g/mol. The highest BCUT2D eigenvalue weighted by atomic mass is 16.3. The molecule has 5 rings (SSSR count). The van der Waals surface area contributed by atoms with Gasteiger partial charge in [0.05, 0.1) is 11.1 Å². The Morgan fingerprint density at radius 2 is 1.83 bits per heavy atom. The van der Waals surface area contributed by atoms with Gasteiger partial charge in [0, 0.05) is 23.9 Å². The summed E-state index contributed by atoms with van der Waals surface area (Å²) in [6, 6.07) is 9.00. The molecule has 0 aliphatic heterocycles. The molecule has 0 N–H and O–H groups in total. The molecule has 0 spiro atoms. The summed E-state index contributed by atoms with van der Waals surface area (Å²) in [7, 11) is 4.31. The highest BCUT2D eigenvalue weighted by Crippen LogP contribution is 2.40. The van der Waals surface area contributed by atoms with Gasteiger partial charge in [-0.05, 0) is 61.3 Å². The van der Waals surface area contributed by atoms with Crippen molar-refractivity contribution in [1.82, 2.24) is 4.57 Å². The fraction of sp³-hybridized carbons (Fsp3) is 0.346. The number of nitrogens with zero attached hydrogens (tertiary/aromatic N) is 2. The van der Waals surface area contributed by atoms with Crippen LogP contribution in [0.1, 0.15) is 36.1 Å². The number of fused-ring (bicyclic) bond motifs is 3. The molecule has 3 nitrogen and oxygen atoms in total. The Bertz CT molecular complexity index is 1450. The smallest absolute Gasteiger partial charge is 0.236 e. The molecule has 3 heterocycles. The van der Waals surface area contributed by atoms with Crippen LogP contribution < -0.4 is 4.57 Å². The van der Waals surface area contributed by atoms with Crippen LogP contribution in [-0.4, -0.2) is 4.57 Å². The Hall–Kier alpha value is -2.81. The third kappa shape index (κ3) is 2.46. The summed E-state index contributed by atoms with van der Waals surface area (Å²) < 4.78 is 11.3. The van der Waals surface area contributed by atoms with Crippen LogP contribution in [0.5, 0.6) is 0 Å². The van der Waals surface area contributed by atoms with Gasteiger partial charge in [-0.1, -0.05) is 26.0 Å². The maximum atomic E-state index is 6.74. The Morgan fingerprint density at radius 3 is 2.55 bits per heavy atom. The fourth-order valence-corrected chi connectivity index (χ4v) is 5.04. The van der Waals surface area contributed by atoms with Gasteiger partial charge in [-0.3, -0.25) is 0 Å². The summed E-state index contributed by atoms with van der Waals surface area (Å²) >= 11 is 0. The minimum atomic E-state index is 0.547. The van der Waals surface area contributed by atoms with Gasteiger partial charge in [-0.15, -0.1) is 0 Å². The van der Waals surface area contributed by atoms with Crippen LogP contribution in [0, 0.1) is 26.7 Å². The van der Waals surface area contributed by atoms with Gasteiger partial charge in [0.25, 0.3) is 0 Å². The Morgan fingerprint density at radius 1 is 1.07 bits per heavy atom. The first-order valence-electron chi connectivity index (χ1n) is 10.5. The minimum Gasteiger partial charge on any atom is -0.454 e. The highest BCUT2D eigenvalue weighted by molar-refractivity contribution is 6.20. The van der Waals surface area contributed by atoms with E-state index in [0.29, 0.717) is 5.92 Å². The van der Waals surface area contributed by atoms with Crippen LogP contribution in [0.15, 0.2) is 34.9 Å². The van der Waals surface area contributed by atoms with E-state index in [1.54, 1.807) is 0 Å². The van der Waals surface area contributed by atoms with Gasteiger partial charge >= 0.3 is 0 Å². The molecule has 5 aromatic rings. The number of hydrogen-bond acceptors (Lipinski definition) is 1. The van der Waals surface area contributed by atoms with E-state index in [1.807, 2.05) is 0 Å². The maximum Gasteiger partial charge on any atom is 0.236 e. The summed E-state index contributed by atoms with van der Waals surface area (Å²) in [6.07, 6.45) is 3.16. The largest absolute Gasteiger partial charge is 0.454 e. The maximum absolute atomic E-state index is 6.74. The molecule has 0 unspecified atom stereocenters. The minimum absolute atomic E-state index is 0.547. The van der Waals surface area contributed by atoms with E-state index in [4.69, 9.17) is 4.42 Å². The van der Waals surface area contributed by atoms with Gasteiger partial charge in [0.2, 0.25) is 5.52 Å². The molecule has 0 atom stereocenters. The molecule has 0 amide bonds. The van der Waals surface area contributed by atoms with Crippen molar-refractivity contribution < 1.29 is 8.98 Å². The van der Waals surface area contributed by atoms with E-state index >= 15 is 0 Å². The van der Waals surface area contributed by atoms with Crippen LogP contribution in [0.25, 0.3) is 43.9 Å². The third-order valence-electron chi connectivity index (χ3n) is 6.45. The van der Waals surface area contributed by atoms with Crippen molar-refractivity contribution in [1.29, 1.82) is 0 Å². The van der Waals surface area contributed by atoms with Crippen LogP contribution in [0.3, 0.4) is 0 Å². The highest BCUT2D eigenvalue weighted by Gasteiger charge is 2.25. The normalized spacial score (nSPS) is 12.4. The predicted molar refractivity (Wildman–Crippen MR) is 122 cm³/mol. The SMILES string of the molecule is Cc1cc2cc(C)c(C)c3c2c(c1)oc1c(CC(C)C)c2c(cc[n+]2C)n(C)c13. The molecule has 2 aromatic carbocycles. The first-order chi connectivity index (χ1) is 13.8. The molecule has 3 aromatic heterocycles. The molecule has 0 fully saturated rings. The summed E-state index contributed by atoms with van der Waals surface area (Å²) in [4.78, 5) is 0. The Balaban J connectivity index is 2.17. The molecular weight excluding hydrogens is 356 g/mol. The molecule has 0 bridgehead atoms. The van der Waals surface area contributed by atoms with Crippen molar-refractivity contribution in [3.63, 3.8) is 0 Å². The molecule has 3 heteroatoms. The first-order valence-corrected chi connectivity index (χ1v) is 10.5. The van der Waals surface area contributed by atoms with Crippen molar-refractivity contribution in [3.8, 4) is 0 Å². The lowest BCUT2D eigenvalue weighted by molar-refractivity contribution is -0.642. The van der Waals surface area contributed by atoms with E-state index < -0.39 is 0 Å². The number of aromatic nitrogens is 2. The molecule has 29 heavy (non-hydrogen) atoms. The number of benzene rings is 2. The van der Waals surface area contributed by atoms with Crippen LogP contribution >= 0.6 is 0 Å². The number of hydrogen-bond donors (Lipinski definition) is 0. The van der Waals surface area contributed by atoms with Gasteiger partial charge in [-0.2, -0.15) is 4.57 Å². The molecule has 148 valence electrons. The van der Waals surface area contributed by atoms with E-state index in [1.165, 1.54) is 55.0 Å². The van der Waals surface area contributed by atoms with E-state index in [2.05, 4.69) is 88.3 Å². The van der Waals surface area contributed by atoms with E-state index in [9.17, 15) is 0 Å². The molecule has 0 saturated heterocycles. The molecular formula is C26H29N2O+. The second-order valence-electron chi connectivity index (χ2n) is 9.13. The van der Waals surface area contributed by atoms with E-state index in [-0.39, 0.29) is 0 Å². The van der Waals surface area contributed by atoms with Crippen molar-refractivity contribution in [3.05, 3.63) is 52.7 Å². The zero-order valence-electron chi connectivity index (χ0n) is 18.5. The van der Waals surface area contributed by atoms with Gasteiger partial charge in [0.1, 0.15) is 18.1 Å². The average Bonchev–Trinajstić information content (AvgIpc) is 3.03. The number of pyridine rings is 1. The van der Waals surface area contributed by atoms with Crippen molar-refractivity contribution in [2.75, 3.05) is 0 Å². The zero-order chi connectivity index (χ0) is 20.6. The second-order valence-corrected chi connectivity index (χ2v) is 9.13. The molecule has 0 aliphatic carbocycles. The van der Waals surface area contributed by atoms with E-state index in [0.717, 1.165) is 17.6 Å². The van der Waals surface area contributed by atoms with Crippen molar-refractivity contribution >= 4 is 43.9 Å². The van der Waals surface area contributed by atoms with Crippen LogP contribution in [0.2, 0.25) is 0 Å².